The Morgan fingerprint density at radius 2 is 2.10 bits per heavy atom. The molecule has 1 heterocycles. The summed E-state index contributed by atoms with van der Waals surface area (Å²) in [5.74, 6) is 0. The zero-order valence-corrected chi connectivity index (χ0v) is 5.24. The Morgan fingerprint density at radius 3 is 2.30 bits per heavy atom. The van der Waals surface area contributed by atoms with E-state index in [0.717, 1.165) is 0 Å². The second-order valence-electron chi connectivity index (χ2n) is 2.89. The molecule has 1 saturated heterocycles. The van der Waals surface area contributed by atoms with Crippen molar-refractivity contribution in [2.45, 2.75) is 37.1 Å². The van der Waals surface area contributed by atoms with Gasteiger partial charge >= 0.3 is 6.18 Å². The smallest absolute Gasteiger partial charge is 0.356 e. The highest BCUT2D eigenvalue weighted by atomic mass is 19.4. The molecule has 58 valence electrons. The molecule has 0 aromatic carbocycles. The lowest BCUT2D eigenvalue weighted by atomic mass is 10.1. The van der Waals surface area contributed by atoms with Crippen LogP contribution in [0.5, 0.6) is 0 Å². The molecule has 2 aliphatic rings. The van der Waals surface area contributed by atoms with Gasteiger partial charge in [0.25, 0.3) is 0 Å². The lowest BCUT2D eigenvalue weighted by Gasteiger charge is -2.11. The summed E-state index contributed by atoms with van der Waals surface area (Å²) in [7, 11) is 0. The fourth-order valence-corrected chi connectivity index (χ4v) is 1.67. The van der Waals surface area contributed by atoms with Gasteiger partial charge in [0.1, 0.15) is 0 Å². The van der Waals surface area contributed by atoms with Crippen LogP contribution in [0.25, 0.3) is 0 Å². The summed E-state index contributed by atoms with van der Waals surface area (Å²) < 4.78 is 40.8. The van der Waals surface area contributed by atoms with Crippen LogP contribution in [0.4, 0.5) is 13.2 Å². The minimum atomic E-state index is -4.13. The molecule has 10 heavy (non-hydrogen) atoms. The summed E-state index contributed by atoms with van der Waals surface area (Å²) >= 11 is 0. The van der Waals surface area contributed by atoms with Gasteiger partial charge in [-0.1, -0.05) is 0 Å². The predicted octanol–water partition coefficient (Wildman–Crippen LogP) is 1.87. The number of ether oxygens (including phenoxy) is 1. The van der Waals surface area contributed by atoms with Gasteiger partial charge in [0.15, 0.2) is 5.60 Å². The Hall–Kier alpha value is -0.250. The summed E-state index contributed by atoms with van der Waals surface area (Å²) in [6.45, 7) is 0. The lowest BCUT2D eigenvalue weighted by molar-refractivity contribution is -0.184. The van der Waals surface area contributed by atoms with Gasteiger partial charge in [0, 0.05) is 0 Å². The molecule has 0 bridgehead atoms. The topological polar surface area (TPSA) is 12.5 Å². The van der Waals surface area contributed by atoms with E-state index in [-0.39, 0.29) is 6.42 Å². The van der Waals surface area contributed by atoms with Crippen LogP contribution in [0.15, 0.2) is 0 Å². The Balaban J connectivity index is 2.18. The maximum Gasteiger partial charge on any atom is 0.420 e. The minimum absolute atomic E-state index is 0.168. The van der Waals surface area contributed by atoms with Gasteiger partial charge in [0.2, 0.25) is 0 Å². The molecular weight excluding hydrogens is 145 g/mol. The summed E-state index contributed by atoms with van der Waals surface area (Å²) in [6, 6.07) is 0. The Kier molecular flexibility index (Phi) is 0.966. The first-order valence-corrected chi connectivity index (χ1v) is 3.31. The lowest BCUT2D eigenvalue weighted by Crippen LogP contribution is -2.32. The third-order valence-electron chi connectivity index (χ3n) is 2.31. The molecule has 1 saturated carbocycles. The van der Waals surface area contributed by atoms with E-state index in [2.05, 4.69) is 4.74 Å². The molecule has 0 amide bonds. The molecule has 0 unspecified atom stereocenters. The summed E-state index contributed by atoms with van der Waals surface area (Å²) in [4.78, 5) is 0. The fourth-order valence-electron chi connectivity index (χ4n) is 1.67. The van der Waals surface area contributed by atoms with E-state index in [4.69, 9.17) is 0 Å². The molecule has 2 rings (SSSR count). The van der Waals surface area contributed by atoms with E-state index in [0.29, 0.717) is 12.8 Å². The molecular formula is C6H7F3O. The summed E-state index contributed by atoms with van der Waals surface area (Å²) in [5, 5.41) is 0. The molecule has 0 radical (unpaired) electrons. The van der Waals surface area contributed by atoms with Crippen molar-refractivity contribution in [3.8, 4) is 0 Å². The maximum absolute atomic E-state index is 12.1. The highest BCUT2D eigenvalue weighted by Gasteiger charge is 2.74. The van der Waals surface area contributed by atoms with Crippen LogP contribution in [0.1, 0.15) is 19.3 Å². The monoisotopic (exact) mass is 152 g/mol. The highest BCUT2D eigenvalue weighted by molar-refractivity contribution is 5.12. The SMILES string of the molecule is FC(F)(F)[C@]12CCC[C@H]1O2. The Labute approximate surface area is 56.2 Å². The number of hydrogen-bond acceptors (Lipinski definition) is 1. The van der Waals surface area contributed by atoms with Crippen LogP contribution in [0.3, 0.4) is 0 Å². The number of alkyl halides is 3. The van der Waals surface area contributed by atoms with E-state index >= 15 is 0 Å². The van der Waals surface area contributed by atoms with Crippen LogP contribution in [-0.2, 0) is 4.74 Å². The minimum Gasteiger partial charge on any atom is -0.356 e. The maximum atomic E-state index is 12.1. The first kappa shape index (κ1) is 6.46. The zero-order valence-electron chi connectivity index (χ0n) is 5.24. The van der Waals surface area contributed by atoms with Gasteiger partial charge in [-0.2, -0.15) is 13.2 Å². The normalized spacial score (nSPS) is 45.3. The molecule has 1 nitrogen and oxygen atoms in total. The second-order valence-corrected chi connectivity index (χ2v) is 2.89. The molecule has 0 spiro atoms. The molecule has 1 aliphatic carbocycles. The van der Waals surface area contributed by atoms with Gasteiger partial charge in [0.05, 0.1) is 6.10 Å². The van der Waals surface area contributed by atoms with Crippen molar-refractivity contribution < 1.29 is 17.9 Å². The van der Waals surface area contributed by atoms with Crippen LogP contribution in [-0.4, -0.2) is 17.9 Å². The molecule has 4 heteroatoms. The van der Waals surface area contributed by atoms with E-state index in [1.54, 1.807) is 0 Å². The van der Waals surface area contributed by atoms with Crippen molar-refractivity contribution in [3.05, 3.63) is 0 Å². The third-order valence-corrected chi connectivity index (χ3v) is 2.31. The van der Waals surface area contributed by atoms with Crippen LogP contribution < -0.4 is 0 Å². The quantitative estimate of drug-likeness (QED) is 0.483. The van der Waals surface area contributed by atoms with Gasteiger partial charge < -0.3 is 4.74 Å². The number of hydrogen-bond donors (Lipinski definition) is 0. The van der Waals surface area contributed by atoms with E-state index < -0.39 is 17.9 Å². The average molecular weight is 152 g/mol. The van der Waals surface area contributed by atoms with Crippen LogP contribution in [0, 0.1) is 0 Å². The fraction of sp³-hybridized carbons (Fsp3) is 1.00. The van der Waals surface area contributed by atoms with Crippen molar-refractivity contribution in [2.24, 2.45) is 0 Å². The van der Waals surface area contributed by atoms with E-state index in [9.17, 15) is 13.2 Å². The number of halogens is 3. The molecule has 1 aliphatic heterocycles. The Bertz CT molecular complexity index is 165. The van der Waals surface area contributed by atoms with Crippen LogP contribution in [0.2, 0.25) is 0 Å². The average Bonchev–Trinajstić information content (AvgIpc) is 2.36. The molecule has 2 fully saturated rings. The first-order chi connectivity index (χ1) is 4.56. The number of fused-ring (bicyclic) bond motifs is 1. The van der Waals surface area contributed by atoms with Crippen LogP contribution >= 0.6 is 0 Å². The Morgan fingerprint density at radius 1 is 1.40 bits per heavy atom. The molecule has 0 aromatic rings. The van der Waals surface area contributed by atoms with E-state index in [1.807, 2.05) is 0 Å². The second kappa shape index (κ2) is 1.49. The van der Waals surface area contributed by atoms with Gasteiger partial charge in [-0.15, -0.1) is 0 Å². The van der Waals surface area contributed by atoms with Crippen molar-refractivity contribution in [2.75, 3.05) is 0 Å². The zero-order chi connectivity index (χ0) is 7.41. The standard InChI is InChI=1S/C6H7F3O/c7-6(8,9)5-3-1-2-4(5)10-5/h4H,1-3H2/t4-,5+/m1/s1. The van der Waals surface area contributed by atoms with Gasteiger partial charge in [-0.3, -0.25) is 0 Å². The van der Waals surface area contributed by atoms with E-state index in [1.165, 1.54) is 0 Å². The highest BCUT2D eigenvalue weighted by Crippen LogP contribution is 2.58. The predicted molar refractivity (Wildman–Crippen MR) is 27.5 cm³/mol. The molecule has 2 atom stereocenters. The number of rotatable bonds is 0. The van der Waals surface area contributed by atoms with Crippen molar-refractivity contribution in [3.63, 3.8) is 0 Å². The van der Waals surface area contributed by atoms with Crippen molar-refractivity contribution in [1.82, 2.24) is 0 Å². The molecule has 0 N–H and O–H groups in total. The number of epoxide rings is 1. The van der Waals surface area contributed by atoms with Crippen molar-refractivity contribution >= 4 is 0 Å². The van der Waals surface area contributed by atoms with Crippen molar-refractivity contribution in [1.29, 1.82) is 0 Å². The third kappa shape index (κ3) is 0.576. The first-order valence-electron chi connectivity index (χ1n) is 3.31. The molecule has 0 aromatic heterocycles. The largest absolute Gasteiger partial charge is 0.420 e. The summed E-state index contributed by atoms with van der Waals surface area (Å²) in [6.07, 6.45) is -3.23. The summed E-state index contributed by atoms with van der Waals surface area (Å²) in [5.41, 5.74) is -1.70. The van der Waals surface area contributed by atoms with Gasteiger partial charge in [-0.25, -0.2) is 0 Å². The van der Waals surface area contributed by atoms with Gasteiger partial charge in [-0.05, 0) is 19.3 Å².